The van der Waals surface area contributed by atoms with Crippen molar-refractivity contribution in [2.24, 2.45) is 11.3 Å². The number of aromatic nitrogens is 1. The summed E-state index contributed by atoms with van der Waals surface area (Å²) in [5, 5.41) is 3.62. The Bertz CT molecular complexity index is 1110. The number of para-hydroxylation sites is 1. The van der Waals surface area contributed by atoms with E-state index in [4.69, 9.17) is 4.74 Å². The Kier molecular flexibility index (Phi) is 6.93. The van der Waals surface area contributed by atoms with Crippen LogP contribution in [-0.2, 0) is 22.4 Å². The van der Waals surface area contributed by atoms with Crippen LogP contribution >= 0.6 is 34.4 Å². The number of fused-ring (bicyclic) bond motifs is 2. The number of thiazole rings is 1. The van der Waals surface area contributed by atoms with Crippen LogP contribution in [0.25, 0.3) is 10.2 Å². The fourth-order valence-electron chi connectivity index (χ4n) is 4.04. The lowest BCUT2D eigenvalue weighted by molar-refractivity contribution is -0.113. The van der Waals surface area contributed by atoms with E-state index >= 15 is 0 Å². The smallest absolute Gasteiger partial charge is 0.341 e. The fraction of sp³-hybridized carbons (Fsp3) is 0.458. The molecule has 2 aromatic heterocycles. The zero-order valence-electron chi connectivity index (χ0n) is 18.8. The standard InChI is InChI=1S/C24H28N2O3S3/c1-5-29-22(28)20-15-11-10-14(24(2,3)4)12-18(15)31-21(20)26-19(27)13-30-23-25-16-8-6-7-9-17(16)32-23/h6-9,14H,5,10-13H2,1-4H3,(H,26,27)/t14-/m0/s1. The minimum atomic E-state index is -0.340. The van der Waals surface area contributed by atoms with Crippen LogP contribution in [0.3, 0.4) is 0 Å². The molecule has 0 aliphatic heterocycles. The van der Waals surface area contributed by atoms with Crippen molar-refractivity contribution in [2.45, 2.75) is 51.3 Å². The second kappa shape index (κ2) is 9.53. The van der Waals surface area contributed by atoms with Gasteiger partial charge in [0.05, 0.1) is 28.1 Å². The highest BCUT2D eigenvalue weighted by atomic mass is 32.2. The third kappa shape index (κ3) is 5.02. The number of carbonyl (C=O) groups is 2. The molecule has 1 atom stereocenters. The zero-order chi connectivity index (χ0) is 22.9. The molecule has 0 spiro atoms. The van der Waals surface area contributed by atoms with Gasteiger partial charge in [0.15, 0.2) is 4.34 Å². The predicted molar refractivity (Wildman–Crippen MR) is 134 cm³/mol. The number of rotatable bonds is 6. The Morgan fingerprint density at radius 2 is 2.03 bits per heavy atom. The van der Waals surface area contributed by atoms with E-state index in [-0.39, 0.29) is 23.0 Å². The number of hydrogen-bond acceptors (Lipinski definition) is 7. The number of nitrogens with zero attached hydrogens (tertiary/aromatic N) is 1. The number of esters is 1. The maximum Gasteiger partial charge on any atom is 0.341 e. The highest BCUT2D eigenvalue weighted by Crippen LogP contribution is 2.44. The van der Waals surface area contributed by atoms with Gasteiger partial charge in [-0.1, -0.05) is 44.7 Å². The maximum absolute atomic E-state index is 12.8. The Morgan fingerprint density at radius 3 is 2.75 bits per heavy atom. The first-order valence-electron chi connectivity index (χ1n) is 10.9. The van der Waals surface area contributed by atoms with Gasteiger partial charge in [0.2, 0.25) is 5.91 Å². The van der Waals surface area contributed by atoms with Gasteiger partial charge in [-0.25, -0.2) is 9.78 Å². The summed E-state index contributed by atoms with van der Waals surface area (Å²) >= 11 is 4.54. The third-order valence-electron chi connectivity index (χ3n) is 5.82. The molecule has 1 N–H and O–H groups in total. The second-order valence-electron chi connectivity index (χ2n) is 9.02. The van der Waals surface area contributed by atoms with E-state index in [1.807, 2.05) is 24.3 Å². The number of hydrogen-bond donors (Lipinski definition) is 1. The van der Waals surface area contributed by atoms with Gasteiger partial charge < -0.3 is 10.1 Å². The molecule has 170 valence electrons. The average Bonchev–Trinajstić information content (AvgIpc) is 3.31. The highest BCUT2D eigenvalue weighted by molar-refractivity contribution is 8.01. The minimum absolute atomic E-state index is 0.134. The summed E-state index contributed by atoms with van der Waals surface area (Å²) in [7, 11) is 0. The summed E-state index contributed by atoms with van der Waals surface area (Å²) in [5.41, 5.74) is 2.77. The first kappa shape index (κ1) is 23.3. The number of ether oxygens (including phenoxy) is 1. The molecule has 0 bridgehead atoms. The summed E-state index contributed by atoms with van der Waals surface area (Å²) < 4.78 is 7.31. The van der Waals surface area contributed by atoms with Crippen molar-refractivity contribution in [1.29, 1.82) is 0 Å². The zero-order valence-corrected chi connectivity index (χ0v) is 21.3. The molecule has 8 heteroatoms. The molecule has 0 unspecified atom stereocenters. The molecular weight excluding hydrogens is 460 g/mol. The van der Waals surface area contributed by atoms with Crippen molar-refractivity contribution >= 4 is 61.5 Å². The molecule has 32 heavy (non-hydrogen) atoms. The van der Waals surface area contributed by atoms with Gasteiger partial charge in [-0.2, -0.15) is 0 Å². The average molecular weight is 489 g/mol. The van der Waals surface area contributed by atoms with Gasteiger partial charge in [-0.3, -0.25) is 4.79 Å². The lowest BCUT2D eigenvalue weighted by atomic mass is 9.72. The van der Waals surface area contributed by atoms with Crippen LogP contribution in [0, 0.1) is 11.3 Å². The quantitative estimate of drug-likeness (QED) is 0.320. The predicted octanol–water partition coefficient (Wildman–Crippen LogP) is 6.42. The molecule has 5 nitrogen and oxygen atoms in total. The number of carbonyl (C=O) groups excluding carboxylic acids is 2. The molecule has 4 rings (SSSR count). The van der Waals surface area contributed by atoms with E-state index in [2.05, 4.69) is 31.1 Å². The van der Waals surface area contributed by atoms with Crippen molar-refractivity contribution in [3.63, 3.8) is 0 Å². The first-order valence-corrected chi connectivity index (χ1v) is 13.5. The molecule has 1 aliphatic rings. The Labute approximate surface area is 201 Å². The maximum atomic E-state index is 12.8. The van der Waals surface area contributed by atoms with Crippen molar-refractivity contribution in [2.75, 3.05) is 17.7 Å². The van der Waals surface area contributed by atoms with E-state index < -0.39 is 0 Å². The summed E-state index contributed by atoms with van der Waals surface area (Å²) in [6, 6.07) is 7.95. The number of benzene rings is 1. The largest absolute Gasteiger partial charge is 0.462 e. The van der Waals surface area contributed by atoms with Gasteiger partial charge in [0.1, 0.15) is 5.00 Å². The fourth-order valence-corrected chi connectivity index (χ4v) is 7.24. The van der Waals surface area contributed by atoms with Crippen LogP contribution in [0.2, 0.25) is 0 Å². The Balaban J connectivity index is 1.50. The normalized spacial score (nSPS) is 16.1. The molecule has 1 aromatic carbocycles. The monoisotopic (exact) mass is 488 g/mol. The van der Waals surface area contributed by atoms with Crippen LogP contribution < -0.4 is 5.32 Å². The number of amides is 1. The van der Waals surface area contributed by atoms with Crippen LogP contribution in [0.15, 0.2) is 28.6 Å². The molecule has 1 aliphatic carbocycles. The van der Waals surface area contributed by atoms with E-state index in [0.29, 0.717) is 23.1 Å². The Hall–Kier alpha value is -1.90. The second-order valence-corrected chi connectivity index (χ2v) is 12.4. The lowest BCUT2D eigenvalue weighted by Gasteiger charge is -2.33. The third-order valence-corrected chi connectivity index (χ3v) is 9.17. The van der Waals surface area contributed by atoms with E-state index in [9.17, 15) is 9.59 Å². The van der Waals surface area contributed by atoms with E-state index in [0.717, 1.165) is 39.4 Å². The molecule has 2 heterocycles. The van der Waals surface area contributed by atoms with Gasteiger partial charge in [-0.15, -0.1) is 22.7 Å². The Morgan fingerprint density at radius 1 is 1.25 bits per heavy atom. The topological polar surface area (TPSA) is 68.3 Å². The first-order chi connectivity index (χ1) is 15.3. The summed E-state index contributed by atoms with van der Waals surface area (Å²) in [6.45, 7) is 8.92. The SMILES string of the molecule is CCOC(=O)c1c(NC(=O)CSc2nc3ccccc3s2)sc2c1CC[C@H](C(C)(C)C)C2. The number of thioether (sulfide) groups is 1. The van der Waals surface area contributed by atoms with Crippen LogP contribution in [0.1, 0.15) is 54.9 Å². The number of nitrogens with one attached hydrogen (secondary N) is 1. The van der Waals surface area contributed by atoms with Crippen molar-refractivity contribution in [3.8, 4) is 0 Å². The highest BCUT2D eigenvalue weighted by Gasteiger charge is 2.34. The molecular formula is C24H28N2O3S3. The van der Waals surface area contributed by atoms with Crippen molar-refractivity contribution in [1.82, 2.24) is 4.98 Å². The molecule has 0 fully saturated rings. The van der Waals surface area contributed by atoms with Crippen LogP contribution in [0.4, 0.5) is 5.00 Å². The van der Waals surface area contributed by atoms with Gasteiger partial charge >= 0.3 is 5.97 Å². The molecule has 3 aromatic rings. The summed E-state index contributed by atoms with van der Waals surface area (Å²) in [4.78, 5) is 31.3. The van der Waals surface area contributed by atoms with Gasteiger partial charge in [0.25, 0.3) is 0 Å². The molecule has 0 radical (unpaired) electrons. The minimum Gasteiger partial charge on any atom is -0.462 e. The molecule has 0 saturated carbocycles. The molecule has 0 saturated heterocycles. The van der Waals surface area contributed by atoms with E-state index in [1.165, 1.54) is 28.0 Å². The van der Waals surface area contributed by atoms with Gasteiger partial charge in [-0.05, 0) is 55.2 Å². The number of thiophene rings is 1. The van der Waals surface area contributed by atoms with Gasteiger partial charge in [0, 0.05) is 4.88 Å². The molecule has 1 amide bonds. The van der Waals surface area contributed by atoms with Crippen molar-refractivity contribution < 1.29 is 14.3 Å². The summed E-state index contributed by atoms with van der Waals surface area (Å²) in [5.74, 6) is 0.330. The number of anilines is 1. The van der Waals surface area contributed by atoms with Crippen molar-refractivity contribution in [3.05, 3.63) is 40.3 Å². The summed E-state index contributed by atoms with van der Waals surface area (Å²) in [6.07, 6.45) is 2.82. The van der Waals surface area contributed by atoms with Crippen LogP contribution in [-0.4, -0.2) is 29.2 Å². The van der Waals surface area contributed by atoms with E-state index in [1.54, 1.807) is 18.3 Å². The van der Waals surface area contributed by atoms with Crippen LogP contribution in [0.5, 0.6) is 0 Å². The lowest BCUT2D eigenvalue weighted by Crippen LogP contribution is -2.26.